The van der Waals surface area contributed by atoms with Gasteiger partial charge in [0.1, 0.15) is 0 Å². The van der Waals surface area contributed by atoms with Crippen molar-refractivity contribution in [1.29, 1.82) is 0 Å². The molecular formula is C8H16O4. The SMILES string of the molecule is CCOC1(OCC)OCC(C)O1. The largest absolute Gasteiger partial charge is 0.413 e. The zero-order valence-corrected chi connectivity index (χ0v) is 7.83. The number of hydrogen-bond donors (Lipinski definition) is 0. The first kappa shape index (κ1) is 9.92. The van der Waals surface area contributed by atoms with Crippen LogP contribution in [0, 0.1) is 0 Å². The van der Waals surface area contributed by atoms with Crippen LogP contribution in [0.3, 0.4) is 0 Å². The molecule has 1 rings (SSSR count). The second kappa shape index (κ2) is 4.18. The summed E-state index contributed by atoms with van der Waals surface area (Å²) in [4.78, 5) is 0. The molecule has 0 amide bonds. The Balaban J connectivity index is 2.48. The van der Waals surface area contributed by atoms with Gasteiger partial charge < -0.3 is 14.2 Å². The first-order chi connectivity index (χ1) is 5.72. The van der Waals surface area contributed by atoms with Crippen LogP contribution in [-0.2, 0) is 18.9 Å². The van der Waals surface area contributed by atoms with Crippen molar-refractivity contribution < 1.29 is 18.9 Å². The molecule has 0 aromatic heterocycles. The Morgan fingerprint density at radius 1 is 1.33 bits per heavy atom. The average Bonchev–Trinajstić information content (AvgIpc) is 2.34. The highest BCUT2D eigenvalue weighted by atomic mass is 17.0. The van der Waals surface area contributed by atoms with Gasteiger partial charge in [0.05, 0.1) is 25.9 Å². The highest BCUT2D eigenvalue weighted by molar-refractivity contribution is 4.59. The van der Waals surface area contributed by atoms with E-state index in [2.05, 4.69) is 0 Å². The summed E-state index contributed by atoms with van der Waals surface area (Å²) in [7, 11) is 0. The first-order valence-corrected chi connectivity index (χ1v) is 4.32. The lowest BCUT2D eigenvalue weighted by Crippen LogP contribution is -2.37. The van der Waals surface area contributed by atoms with Gasteiger partial charge in [0, 0.05) is 0 Å². The van der Waals surface area contributed by atoms with E-state index in [0.717, 1.165) is 0 Å². The molecule has 0 saturated carbocycles. The Labute approximate surface area is 72.7 Å². The third-order valence-electron chi connectivity index (χ3n) is 1.48. The quantitative estimate of drug-likeness (QED) is 0.601. The summed E-state index contributed by atoms with van der Waals surface area (Å²) in [5, 5.41) is 0. The predicted octanol–water partition coefficient (Wildman–Crippen LogP) is 1.11. The summed E-state index contributed by atoms with van der Waals surface area (Å²) >= 11 is 0. The highest BCUT2D eigenvalue weighted by Gasteiger charge is 2.42. The summed E-state index contributed by atoms with van der Waals surface area (Å²) in [5.41, 5.74) is 0. The molecule has 1 unspecified atom stereocenters. The first-order valence-electron chi connectivity index (χ1n) is 4.32. The van der Waals surface area contributed by atoms with Crippen molar-refractivity contribution in [2.45, 2.75) is 33.0 Å². The lowest BCUT2D eigenvalue weighted by molar-refractivity contribution is -0.464. The van der Waals surface area contributed by atoms with Gasteiger partial charge in [-0.3, -0.25) is 4.74 Å². The van der Waals surface area contributed by atoms with Crippen molar-refractivity contribution in [3.8, 4) is 0 Å². The van der Waals surface area contributed by atoms with Crippen LogP contribution in [0.1, 0.15) is 20.8 Å². The van der Waals surface area contributed by atoms with E-state index < -0.39 is 6.16 Å². The van der Waals surface area contributed by atoms with Gasteiger partial charge in [-0.1, -0.05) is 0 Å². The fourth-order valence-corrected chi connectivity index (χ4v) is 1.08. The van der Waals surface area contributed by atoms with Crippen molar-refractivity contribution in [3.05, 3.63) is 0 Å². The predicted molar refractivity (Wildman–Crippen MR) is 42.5 cm³/mol. The van der Waals surface area contributed by atoms with E-state index in [9.17, 15) is 0 Å². The molecule has 0 aromatic carbocycles. The van der Waals surface area contributed by atoms with Crippen LogP contribution in [0.2, 0.25) is 0 Å². The van der Waals surface area contributed by atoms with E-state index >= 15 is 0 Å². The van der Waals surface area contributed by atoms with Crippen LogP contribution >= 0.6 is 0 Å². The fraction of sp³-hybridized carbons (Fsp3) is 1.00. The zero-order chi connectivity index (χ0) is 9.03. The topological polar surface area (TPSA) is 36.9 Å². The van der Waals surface area contributed by atoms with Crippen molar-refractivity contribution in [3.63, 3.8) is 0 Å². The van der Waals surface area contributed by atoms with E-state index in [1.165, 1.54) is 0 Å². The van der Waals surface area contributed by atoms with Crippen molar-refractivity contribution in [1.82, 2.24) is 0 Å². The van der Waals surface area contributed by atoms with Gasteiger partial charge in [-0.05, 0) is 20.8 Å². The van der Waals surface area contributed by atoms with Crippen LogP contribution in [-0.4, -0.2) is 32.1 Å². The van der Waals surface area contributed by atoms with Crippen molar-refractivity contribution in [2.24, 2.45) is 0 Å². The van der Waals surface area contributed by atoms with E-state index in [4.69, 9.17) is 18.9 Å². The van der Waals surface area contributed by atoms with E-state index in [1.54, 1.807) is 0 Å². The smallest absolute Gasteiger partial charge is 0.304 e. The molecule has 1 saturated heterocycles. The van der Waals surface area contributed by atoms with Gasteiger partial charge in [-0.25, -0.2) is 0 Å². The highest BCUT2D eigenvalue weighted by Crippen LogP contribution is 2.26. The van der Waals surface area contributed by atoms with Crippen LogP contribution in [0.15, 0.2) is 0 Å². The van der Waals surface area contributed by atoms with E-state index in [1.807, 2.05) is 20.8 Å². The minimum Gasteiger partial charge on any atom is -0.304 e. The lowest BCUT2D eigenvalue weighted by atomic mass is 10.5. The summed E-state index contributed by atoms with van der Waals surface area (Å²) < 4.78 is 21.1. The minimum atomic E-state index is -1.23. The van der Waals surface area contributed by atoms with Crippen LogP contribution < -0.4 is 0 Å². The third-order valence-corrected chi connectivity index (χ3v) is 1.48. The lowest BCUT2D eigenvalue weighted by Gasteiger charge is -2.25. The zero-order valence-electron chi connectivity index (χ0n) is 7.83. The van der Waals surface area contributed by atoms with Gasteiger partial charge >= 0.3 is 6.16 Å². The van der Waals surface area contributed by atoms with Gasteiger partial charge in [0.15, 0.2) is 0 Å². The normalized spacial score (nSPS) is 27.8. The monoisotopic (exact) mass is 176 g/mol. The molecule has 0 aromatic rings. The Hall–Kier alpha value is -0.160. The molecule has 0 spiro atoms. The Kier molecular flexibility index (Phi) is 3.46. The van der Waals surface area contributed by atoms with Crippen LogP contribution in [0.5, 0.6) is 0 Å². The standard InChI is InChI=1S/C8H16O4/c1-4-9-8(10-5-2)11-6-7(3)12-8/h7H,4-6H2,1-3H3. The maximum atomic E-state index is 5.36. The summed E-state index contributed by atoms with van der Waals surface area (Å²) in [6, 6.07) is 0. The number of ether oxygens (including phenoxy) is 4. The molecule has 12 heavy (non-hydrogen) atoms. The Morgan fingerprint density at radius 3 is 2.25 bits per heavy atom. The van der Waals surface area contributed by atoms with Crippen LogP contribution in [0.25, 0.3) is 0 Å². The number of hydrogen-bond acceptors (Lipinski definition) is 4. The molecule has 72 valence electrons. The second-order valence-corrected chi connectivity index (χ2v) is 2.61. The minimum absolute atomic E-state index is 0.0306. The molecule has 1 heterocycles. The molecule has 1 fully saturated rings. The maximum Gasteiger partial charge on any atom is 0.413 e. The molecule has 0 radical (unpaired) electrons. The maximum absolute atomic E-state index is 5.36. The van der Waals surface area contributed by atoms with Crippen molar-refractivity contribution in [2.75, 3.05) is 19.8 Å². The van der Waals surface area contributed by atoms with Gasteiger partial charge in [0.2, 0.25) is 0 Å². The summed E-state index contributed by atoms with van der Waals surface area (Å²) in [6.45, 7) is 7.19. The van der Waals surface area contributed by atoms with E-state index in [0.29, 0.717) is 19.8 Å². The molecule has 1 aliphatic rings. The van der Waals surface area contributed by atoms with Crippen LogP contribution in [0.4, 0.5) is 0 Å². The molecule has 0 N–H and O–H groups in total. The molecule has 1 aliphatic heterocycles. The summed E-state index contributed by atoms with van der Waals surface area (Å²) in [5.74, 6) is 0. The molecule has 0 bridgehead atoms. The molecule has 1 atom stereocenters. The Bertz CT molecular complexity index is 126. The molecular weight excluding hydrogens is 160 g/mol. The molecule has 4 heteroatoms. The second-order valence-electron chi connectivity index (χ2n) is 2.61. The van der Waals surface area contributed by atoms with Crippen molar-refractivity contribution >= 4 is 0 Å². The summed E-state index contributed by atoms with van der Waals surface area (Å²) in [6.07, 6.45) is -1.20. The van der Waals surface area contributed by atoms with Gasteiger partial charge in [-0.15, -0.1) is 0 Å². The molecule has 0 aliphatic carbocycles. The molecule has 4 nitrogen and oxygen atoms in total. The van der Waals surface area contributed by atoms with Gasteiger partial charge in [0.25, 0.3) is 0 Å². The third kappa shape index (κ3) is 2.17. The van der Waals surface area contributed by atoms with Gasteiger partial charge in [-0.2, -0.15) is 0 Å². The average molecular weight is 176 g/mol. The van der Waals surface area contributed by atoms with E-state index in [-0.39, 0.29) is 6.10 Å². The fourth-order valence-electron chi connectivity index (χ4n) is 1.08. The number of rotatable bonds is 4. The Morgan fingerprint density at radius 2 is 1.92 bits per heavy atom.